The van der Waals surface area contributed by atoms with Crippen LogP contribution in [0.2, 0.25) is 0 Å². The highest BCUT2D eigenvalue weighted by molar-refractivity contribution is 5.74. The van der Waals surface area contributed by atoms with Crippen molar-refractivity contribution < 1.29 is 14.3 Å². The minimum Gasteiger partial charge on any atom is -0.438 e. The Labute approximate surface area is 148 Å². The number of aliphatic hydroxyl groups excluding tert-OH is 1. The van der Waals surface area contributed by atoms with Crippen LogP contribution in [0.5, 0.6) is 0 Å². The minimum atomic E-state index is -0.383. The maximum atomic E-state index is 12.2. The van der Waals surface area contributed by atoms with Crippen molar-refractivity contribution >= 4 is 6.03 Å². The molecule has 6 heteroatoms. The van der Waals surface area contributed by atoms with Crippen LogP contribution < -0.4 is 10.6 Å². The first kappa shape index (κ1) is 19.0. The zero-order chi connectivity index (χ0) is 18.4. The first-order valence-electron chi connectivity index (χ1n) is 8.47. The third-order valence-electron chi connectivity index (χ3n) is 3.71. The molecule has 136 valence electrons. The zero-order valence-corrected chi connectivity index (χ0v) is 15.2. The lowest BCUT2D eigenvalue weighted by Crippen LogP contribution is -2.46. The average molecular weight is 345 g/mol. The molecule has 2 atom stereocenters. The van der Waals surface area contributed by atoms with Gasteiger partial charge in [-0.3, -0.25) is 0 Å². The highest BCUT2D eigenvalue weighted by Gasteiger charge is 2.21. The number of rotatable bonds is 6. The lowest BCUT2D eigenvalue weighted by molar-refractivity contribution is 0.189. The van der Waals surface area contributed by atoms with E-state index in [-0.39, 0.29) is 30.1 Å². The van der Waals surface area contributed by atoms with Gasteiger partial charge < -0.3 is 20.2 Å². The summed E-state index contributed by atoms with van der Waals surface area (Å²) in [7, 11) is 0. The van der Waals surface area contributed by atoms with Gasteiger partial charge in [-0.1, -0.05) is 51.1 Å². The fourth-order valence-electron chi connectivity index (χ4n) is 2.61. The molecule has 1 heterocycles. The second-order valence-corrected chi connectivity index (χ2v) is 7.41. The molecule has 2 aromatic rings. The van der Waals surface area contributed by atoms with E-state index in [0.29, 0.717) is 18.1 Å². The molecule has 0 radical (unpaired) electrons. The number of benzene rings is 1. The molecule has 25 heavy (non-hydrogen) atoms. The number of oxazole rings is 1. The standard InChI is InChI=1S/C19H27N3O3/c1-13(21-18(24)22-15(12-23)10-19(2,3)4)17-20-11-16(25-17)14-8-6-5-7-9-14/h5-9,11,13,15,23H,10,12H2,1-4H3,(H2,21,22,24). The molecule has 2 unspecified atom stereocenters. The lowest BCUT2D eigenvalue weighted by Gasteiger charge is -2.25. The number of carbonyl (C=O) groups is 1. The van der Waals surface area contributed by atoms with Crippen molar-refractivity contribution in [2.24, 2.45) is 5.41 Å². The molecule has 2 amide bonds. The lowest BCUT2D eigenvalue weighted by atomic mass is 9.88. The molecule has 6 nitrogen and oxygen atoms in total. The number of aliphatic hydroxyl groups is 1. The number of hydrogen-bond donors (Lipinski definition) is 3. The molecule has 0 bridgehead atoms. The van der Waals surface area contributed by atoms with Crippen molar-refractivity contribution in [2.45, 2.75) is 46.2 Å². The fraction of sp³-hybridized carbons (Fsp3) is 0.474. The molecule has 0 spiro atoms. The summed E-state index contributed by atoms with van der Waals surface area (Å²) in [5.74, 6) is 1.09. The van der Waals surface area contributed by atoms with Gasteiger partial charge in [-0.2, -0.15) is 0 Å². The number of nitrogens with one attached hydrogen (secondary N) is 2. The summed E-state index contributed by atoms with van der Waals surface area (Å²) < 4.78 is 5.74. The average Bonchev–Trinajstić information content (AvgIpc) is 3.03. The second kappa shape index (κ2) is 8.16. The van der Waals surface area contributed by atoms with Crippen LogP contribution in [-0.4, -0.2) is 28.8 Å². The van der Waals surface area contributed by atoms with Crippen LogP contribution in [0.4, 0.5) is 4.79 Å². The number of hydrogen-bond acceptors (Lipinski definition) is 4. The van der Waals surface area contributed by atoms with Crippen LogP contribution in [0.1, 0.15) is 46.0 Å². The Kier molecular flexibility index (Phi) is 6.20. The smallest absolute Gasteiger partial charge is 0.315 e. The van der Waals surface area contributed by atoms with Crippen LogP contribution in [0.3, 0.4) is 0 Å². The largest absolute Gasteiger partial charge is 0.438 e. The summed E-state index contributed by atoms with van der Waals surface area (Å²) >= 11 is 0. The van der Waals surface area contributed by atoms with Gasteiger partial charge in [-0.25, -0.2) is 9.78 Å². The maximum Gasteiger partial charge on any atom is 0.315 e. The quantitative estimate of drug-likeness (QED) is 0.748. The van der Waals surface area contributed by atoms with Crippen molar-refractivity contribution in [2.75, 3.05) is 6.61 Å². The van der Waals surface area contributed by atoms with Gasteiger partial charge in [-0.15, -0.1) is 0 Å². The predicted octanol–water partition coefficient (Wildman–Crippen LogP) is 3.50. The third kappa shape index (κ3) is 5.90. The Hall–Kier alpha value is -2.34. The van der Waals surface area contributed by atoms with E-state index in [0.717, 1.165) is 5.56 Å². The van der Waals surface area contributed by atoms with Crippen LogP contribution in [0.25, 0.3) is 11.3 Å². The van der Waals surface area contributed by atoms with E-state index >= 15 is 0 Å². The maximum absolute atomic E-state index is 12.2. The Bertz CT molecular complexity index is 677. The molecule has 0 saturated heterocycles. The van der Waals surface area contributed by atoms with E-state index in [1.54, 1.807) is 13.1 Å². The van der Waals surface area contributed by atoms with Gasteiger partial charge in [0.2, 0.25) is 5.89 Å². The Morgan fingerprint density at radius 1 is 1.24 bits per heavy atom. The number of urea groups is 1. The molecule has 1 aromatic carbocycles. The normalized spacial score (nSPS) is 14.0. The molecule has 2 rings (SSSR count). The number of aromatic nitrogens is 1. The molecular weight excluding hydrogens is 318 g/mol. The number of amides is 2. The van der Waals surface area contributed by atoms with E-state index in [1.807, 2.05) is 30.3 Å². The first-order chi connectivity index (χ1) is 11.8. The van der Waals surface area contributed by atoms with E-state index in [1.165, 1.54) is 0 Å². The van der Waals surface area contributed by atoms with Gasteiger partial charge in [0.1, 0.15) is 6.04 Å². The molecule has 0 aliphatic carbocycles. The predicted molar refractivity (Wildman–Crippen MR) is 97.0 cm³/mol. The van der Waals surface area contributed by atoms with Crippen LogP contribution in [0, 0.1) is 5.41 Å². The van der Waals surface area contributed by atoms with E-state index in [9.17, 15) is 9.90 Å². The number of nitrogens with zero attached hydrogens (tertiary/aromatic N) is 1. The first-order valence-corrected chi connectivity index (χ1v) is 8.47. The van der Waals surface area contributed by atoms with Gasteiger partial charge >= 0.3 is 6.03 Å². The molecule has 0 aliphatic heterocycles. The van der Waals surface area contributed by atoms with Crippen molar-refractivity contribution in [1.82, 2.24) is 15.6 Å². The van der Waals surface area contributed by atoms with Crippen LogP contribution in [0.15, 0.2) is 40.9 Å². The molecule has 3 N–H and O–H groups in total. The monoisotopic (exact) mass is 345 g/mol. The number of carbonyl (C=O) groups excluding carboxylic acids is 1. The van der Waals surface area contributed by atoms with E-state index < -0.39 is 0 Å². The SMILES string of the molecule is CC(NC(=O)NC(CO)CC(C)(C)C)c1ncc(-c2ccccc2)o1. The summed E-state index contributed by atoms with van der Waals surface area (Å²) in [6, 6.07) is 8.64. The molecular formula is C19H27N3O3. The summed E-state index contributed by atoms with van der Waals surface area (Å²) in [4.78, 5) is 16.4. The summed E-state index contributed by atoms with van der Waals surface area (Å²) in [6.07, 6.45) is 2.33. The Morgan fingerprint density at radius 2 is 1.92 bits per heavy atom. The van der Waals surface area contributed by atoms with E-state index in [2.05, 4.69) is 36.4 Å². The van der Waals surface area contributed by atoms with Crippen molar-refractivity contribution in [3.8, 4) is 11.3 Å². The topological polar surface area (TPSA) is 87.4 Å². The molecule has 0 fully saturated rings. The van der Waals surface area contributed by atoms with Crippen molar-refractivity contribution in [1.29, 1.82) is 0 Å². The highest BCUT2D eigenvalue weighted by atomic mass is 16.4. The molecule has 0 saturated carbocycles. The second-order valence-electron chi connectivity index (χ2n) is 7.41. The van der Waals surface area contributed by atoms with Gasteiger partial charge in [-0.05, 0) is 18.8 Å². The van der Waals surface area contributed by atoms with Crippen molar-refractivity contribution in [3.05, 3.63) is 42.4 Å². The Morgan fingerprint density at radius 3 is 2.52 bits per heavy atom. The van der Waals surface area contributed by atoms with Gasteiger partial charge in [0.15, 0.2) is 5.76 Å². The van der Waals surface area contributed by atoms with E-state index in [4.69, 9.17) is 4.42 Å². The summed E-state index contributed by atoms with van der Waals surface area (Å²) in [6.45, 7) is 7.90. The van der Waals surface area contributed by atoms with Crippen LogP contribution >= 0.6 is 0 Å². The van der Waals surface area contributed by atoms with Crippen molar-refractivity contribution in [3.63, 3.8) is 0 Å². The summed E-state index contributed by atoms with van der Waals surface area (Å²) in [5, 5.41) is 15.0. The third-order valence-corrected chi connectivity index (χ3v) is 3.71. The summed E-state index contributed by atoms with van der Waals surface area (Å²) in [5.41, 5.74) is 0.947. The Balaban J connectivity index is 1.94. The highest BCUT2D eigenvalue weighted by Crippen LogP contribution is 2.23. The van der Waals surface area contributed by atoms with Gasteiger partial charge in [0.25, 0.3) is 0 Å². The molecule has 1 aromatic heterocycles. The minimum absolute atomic E-state index is 0.0133. The zero-order valence-electron chi connectivity index (χ0n) is 15.2. The van der Waals surface area contributed by atoms with Gasteiger partial charge in [0, 0.05) is 5.56 Å². The fourth-order valence-corrected chi connectivity index (χ4v) is 2.61. The molecule has 0 aliphatic rings. The van der Waals surface area contributed by atoms with Gasteiger partial charge in [0.05, 0.1) is 18.8 Å². The van der Waals surface area contributed by atoms with Crippen LogP contribution in [-0.2, 0) is 0 Å².